The highest BCUT2D eigenvalue weighted by molar-refractivity contribution is 5.56. The van der Waals surface area contributed by atoms with Crippen molar-refractivity contribution in [2.45, 2.75) is 39.3 Å². The summed E-state index contributed by atoms with van der Waals surface area (Å²) >= 11 is 0. The maximum Gasteiger partial charge on any atom is 0.254 e. The second kappa shape index (κ2) is 7.25. The molecule has 1 aliphatic rings. The van der Waals surface area contributed by atoms with Crippen molar-refractivity contribution >= 4 is 0 Å². The molecule has 0 atom stereocenters. The normalized spacial score (nSPS) is 14.3. The molecule has 1 aliphatic heterocycles. The van der Waals surface area contributed by atoms with E-state index in [9.17, 15) is 4.79 Å². The van der Waals surface area contributed by atoms with Gasteiger partial charge < -0.3 is 9.51 Å². The Bertz CT molecular complexity index is 946. The molecule has 0 unspecified atom stereocenters. The van der Waals surface area contributed by atoms with Gasteiger partial charge in [0.15, 0.2) is 5.76 Å². The Morgan fingerprint density at radius 2 is 2.12 bits per heavy atom. The number of nitrogens with one attached hydrogen (secondary N) is 1. The van der Waals surface area contributed by atoms with Gasteiger partial charge in [-0.3, -0.25) is 9.69 Å². The number of hydrogen-bond donors (Lipinski definition) is 1. The van der Waals surface area contributed by atoms with E-state index in [1.165, 1.54) is 0 Å². The lowest BCUT2D eigenvalue weighted by Gasteiger charge is -2.26. The molecule has 3 heterocycles. The average molecular weight is 350 g/mol. The monoisotopic (exact) mass is 350 g/mol. The number of H-pyrrole nitrogens is 1. The Labute approximate surface area is 151 Å². The molecule has 0 saturated heterocycles. The van der Waals surface area contributed by atoms with Crippen LogP contribution in [-0.4, -0.2) is 26.6 Å². The molecule has 0 radical (unpaired) electrons. The maximum absolute atomic E-state index is 12.2. The molecule has 1 N–H and O–H groups in total. The Morgan fingerprint density at radius 3 is 2.92 bits per heavy atom. The first-order valence-corrected chi connectivity index (χ1v) is 9.07. The Morgan fingerprint density at radius 1 is 1.27 bits per heavy atom. The van der Waals surface area contributed by atoms with E-state index in [2.05, 4.69) is 26.9 Å². The molecule has 26 heavy (non-hydrogen) atoms. The highest BCUT2D eigenvalue weighted by atomic mass is 16.5. The van der Waals surface area contributed by atoms with Gasteiger partial charge >= 0.3 is 0 Å². The van der Waals surface area contributed by atoms with Crippen molar-refractivity contribution in [1.29, 1.82) is 0 Å². The molecular formula is C20H22N4O2. The van der Waals surface area contributed by atoms with E-state index in [0.717, 1.165) is 53.5 Å². The summed E-state index contributed by atoms with van der Waals surface area (Å²) in [6.07, 6.45) is 2.48. The number of aryl methyl sites for hydroxylation is 1. The first-order chi connectivity index (χ1) is 12.7. The van der Waals surface area contributed by atoms with Gasteiger partial charge in [0.05, 0.1) is 11.4 Å². The van der Waals surface area contributed by atoms with Gasteiger partial charge in [0, 0.05) is 43.2 Å². The standard InChI is InChI=1S/C20H22N4O2/c1-2-6-19-21-17-13-24(10-9-16(17)20(25)22-19)12-15-11-18(26-23-15)14-7-4-3-5-8-14/h3-5,7-8,11H,2,6,9-10,12-13H2,1H3,(H,21,22,25). The van der Waals surface area contributed by atoms with Gasteiger partial charge in [-0.1, -0.05) is 42.4 Å². The van der Waals surface area contributed by atoms with Crippen LogP contribution in [0.25, 0.3) is 11.3 Å². The lowest BCUT2D eigenvalue weighted by Crippen LogP contribution is -2.35. The molecule has 134 valence electrons. The third kappa shape index (κ3) is 3.46. The van der Waals surface area contributed by atoms with Gasteiger partial charge in [-0.05, 0) is 12.8 Å². The van der Waals surface area contributed by atoms with Crippen molar-refractivity contribution in [2.75, 3.05) is 6.54 Å². The van der Waals surface area contributed by atoms with E-state index >= 15 is 0 Å². The SMILES string of the molecule is CCCc1nc2c(c(=O)[nH]1)CCN(Cc1cc(-c3ccccc3)on1)C2. The molecule has 6 heteroatoms. The predicted molar refractivity (Wildman–Crippen MR) is 98.6 cm³/mol. The van der Waals surface area contributed by atoms with Crippen molar-refractivity contribution in [1.82, 2.24) is 20.0 Å². The fourth-order valence-corrected chi connectivity index (χ4v) is 3.39. The summed E-state index contributed by atoms with van der Waals surface area (Å²) in [6.45, 7) is 4.26. The van der Waals surface area contributed by atoms with E-state index < -0.39 is 0 Å². The lowest BCUT2D eigenvalue weighted by molar-refractivity contribution is 0.232. The van der Waals surface area contributed by atoms with E-state index in [4.69, 9.17) is 4.52 Å². The van der Waals surface area contributed by atoms with Gasteiger partial charge in [0.2, 0.25) is 0 Å². The van der Waals surface area contributed by atoms with Gasteiger partial charge in [0.1, 0.15) is 5.82 Å². The highest BCUT2D eigenvalue weighted by Crippen LogP contribution is 2.22. The highest BCUT2D eigenvalue weighted by Gasteiger charge is 2.22. The summed E-state index contributed by atoms with van der Waals surface area (Å²) in [5.41, 5.74) is 3.66. The molecular weight excluding hydrogens is 328 g/mol. The Balaban J connectivity index is 1.49. The van der Waals surface area contributed by atoms with Crippen LogP contribution >= 0.6 is 0 Å². The Kier molecular flexibility index (Phi) is 4.67. The molecule has 0 aliphatic carbocycles. The Hall–Kier alpha value is -2.73. The second-order valence-corrected chi connectivity index (χ2v) is 6.70. The summed E-state index contributed by atoms with van der Waals surface area (Å²) in [6, 6.07) is 11.9. The molecule has 0 amide bonds. The van der Waals surface area contributed by atoms with Crippen molar-refractivity contribution in [3.05, 3.63) is 69.5 Å². The van der Waals surface area contributed by atoms with Crippen LogP contribution in [0.4, 0.5) is 0 Å². The third-order valence-electron chi connectivity index (χ3n) is 4.69. The van der Waals surface area contributed by atoms with E-state index in [0.29, 0.717) is 19.5 Å². The first-order valence-electron chi connectivity index (χ1n) is 9.07. The summed E-state index contributed by atoms with van der Waals surface area (Å²) in [7, 11) is 0. The van der Waals surface area contributed by atoms with Crippen LogP contribution in [0.5, 0.6) is 0 Å². The molecule has 0 bridgehead atoms. The average Bonchev–Trinajstić information content (AvgIpc) is 3.11. The van der Waals surface area contributed by atoms with Crippen LogP contribution in [0.15, 0.2) is 45.7 Å². The van der Waals surface area contributed by atoms with Crippen LogP contribution < -0.4 is 5.56 Å². The number of rotatable bonds is 5. The molecule has 0 spiro atoms. The zero-order valence-electron chi connectivity index (χ0n) is 14.9. The van der Waals surface area contributed by atoms with Crippen molar-refractivity contribution < 1.29 is 4.52 Å². The molecule has 6 nitrogen and oxygen atoms in total. The van der Waals surface area contributed by atoms with Crippen molar-refractivity contribution in [3.63, 3.8) is 0 Å². The smallest absolute Gasteiger partial charge is 0.254 e. The summed E-state index contributed by atoms with van der Waals surface area (Å²) < 4.78 is 5.48. The third-order valence-corrected chi connectivity index (χ3v) is 4.69. The van der Waals surface area contributed by atoms with Crippen LogP contribution in [0.1, 0.15) is 36.1 Å². The molecule has 4 rings (SSSR count). The largest absolute Gasteiger partial charge is 0.356 e. The number of benzene rings is 1. The molecule has 3 aromatic rings. The molecule has 0 fully saturated rings. The van der Waals surface area contributed by atoms with Crippen LogP contribution in [0, 0.1) is 0 Å². The second-order valence-electron chi connectivity index (χ2n) is 6.70. The van der Waals surface area contributed by atoms with Gasteiger partial charge in [-0.15, -0.1) is 0 Å². The van der Waals surface area contributed by atoms with E-state index in [-0.39, 0.29) is 5.56 Å². The van der Waals surface area contributed by atoms with Crippen molar-refractivity contribution in [2.24, 2.45) is 0 Å². The molecule has 1 aromatic carbocycles. The van der Waals surface area contributed by atoms with Gasteiger partial charge in [-0.2, -0.15) is 0 Å². The summed E-state index contributed by atoms with van der Waals surface area (Å²) in [5, 5.41) is 4.20. The maximum atomic E-state index is 12.2. The predicted octanol–water partition coefficient (Wildman–Crippen LogP) is 2.94. The molecule has 2 aromatic heterocycles. The number of nitrogens with zero attached hydrogens (tertiary/aromatic N) is 3. The molecule has 0 saturated carbocycles. The quantitative estimate of drug-likeness (QED) is 0.766. The van der Waals surface area contributed by atoms with E-state index in [1.807, 2.05) is 36.4 Å². The van der Waals surface area contributed by atoms with Crippen molar-refractivity contribution in [3.8, 4) is 11.3 Å². The minimum Gasteiger partial charge on any atom is -0.356 e. The summed E-state index contributed by atoms with van der Waals surface area (Å²) in [5.74, 6) is 1.56. The number of aromatic nitrogens is 3. The van der Waals surface area contributed by atoms with Gasteiger partial charge in [0.25, 0.3) is 5.56 Å². The van der Waals surface area contributed by atoms with E-state index in [1.54, 1.807) is 0 Å². The lowest BCUT2D eigenvalue weighted by atomic mass is 10.1. The zero-order chi connectivity index (χ0) is 17.9. The summed E-state index contributed by atoms with van der Waals surface area (Å²) in [4.78, 5) is 22.1. The first kappa shape index (κ1) is 16.7. The fourth-order valence-electron chi connectivity index (χ4n) is 3.39. The number of hydrogen-bond acceptors (Lipinski definition) is 5. The van der Waals surface area contributed by atoms with Crippen LogP contribution in [-0.2, 0) is 25.9 Å². The van der Waals surface area contributed by atoms with Crippen LogP contribution in [0.3, 0.4) is 0 Å². The fraction of sp³-hybridized carbons (Fsp3) is 0.350. The van der Waals surface area contributed by atoms with Gasteiger partial charge in [-0.25, -0.2) is 4.98 Å². The number of aromatic amines is 1. The minimum atomic E-state index is 0.0194. The van der Waals surface area contributed by atoms with Crippen LogP contribution in [0.2, 0.25) is 0 Å². The minimum absolute atomic E-state index is 0.0194. The topological polar surface area (TPSA) is 75.0 Å². The zero-order valence-corrected chi connectivity index (χ0v) is 14.9. The number of fused-ring (bicyclic) bond motifs is 1.